The van der Waals surface area contributed by atoms with Crippen molar-refractivity contribution in [1.29, 1.82) is 0 Å². The molecule has 0 bridgehead atoms. The van der Waals surface area contributed by atoms with E-state index < -0.39 is 0 Å². The van der Waals surface area contributed by atoms with Crippen molar-refractivity contribution in [2.75, 3.05) is 20.3 Å². The minimum Gasteiger partial charge on any atom is -0.385 e. The third-order valence-corrected chi connectivity index (χ3v) is 3.52. The summed E-state index contributed by atoms with van der Waals surface area (Å²) in [5.41, 5.74) is 0. The minimum absolute atomic E-state index is 0.00368. The van der Waals surface area contributed by atoms with Crippen molar-refractivity contribution in [3.63, 3.8) is 0 Å². The Labute approximate surface area is 111 Å². The molecule has 0 radical (unpaired) electrons. The van der Waals surface area contributed by atoms with Crippen LogP contribution in [0.5, 0.6) is 0 Å². The van der Waals surface area contributed by atoms with E-state index in [1.54, 1.807) is 7.11 Å². The van der Waals surface area contributed by atoms with Crippen LogP contribution in [0, 0.1) is 5.92 Å². The van der Waals surface area contributed by atoms with E-state index in [0.29, 0.717) is 5.92 Å². The Morgan fingerprint density at radius 2 is 2.11 bits per heavy atom. The lowest BCUT2D eigenvalue weighted by Gasteiger charge is -2.23. The Balaban J connectivity index is 2.51. The second-order valence-electron chi connectivity index (χ2n) is 5.42. The van der Waals surface area contributed by atoms with Gasteiger partial charge in [0.05, 0.1) is 12.2 Å². The van der Waals surface area contributed by atoms with Gasteiger partial charge in [-0.15, -0.1) is 0 Å². The molecule has 2 atom stereocenters. The van der Waals surface area contributed by atoms with Gasteiger partial charge in [-0.2, -0.15) is 0 Å². The summed E-state index contributed by atoms with van der Waals surface area (Å²) in [6.45, 7) is 8.00. The van der Waals surface area contributed by atoms with Crippen LogP contribution in [0.4, 0.5) is 0 Å². The number of unbranched alkanes of at least 4 members (excludes halogenated alkanes) is 1. The summed E-state index contributed by atoms with van der Waals surface area (Å²) < 4.78 is 5.05. The highest BCUT2D eigenvalue weighted by Crippen LogP contribution is 2.20. The van der Waals surface area contributed by atoms with Gasteiger partial charge < -0.3 is 9.64 Å². The van der Waals surface area contributed by atoms with E-state index in [1.165, 1.54) is 0 Å². The van der Waals surface area contributed by atoms with Gasteiger partial charge in [-0.25, -0.2) is 0 Å². The number of nitrogens with zero attached hydrogens (tertiary/aromatic N) is 1. The molecule has 1 heterocycles. The van der Waals surface area contributed by atoms with Crippen molar-refractivity contribution >= 4 is 5.91 Å². The Morgan fingerprint density at radius 1 is 1.39 bits per heavy atom. The average Bonchev–Trinajstić information content (AvgIpc) is 2.63. The van der Waals surface area contributed by atoms with E-state index in [4.69, 9.17) is 4.74 Å². The summed E-state index contributed by atoms with van der Waals surface area (Å²) in [6, 6.07) is 0.00368. The summed E-state index contributed by atoms with van der Waals surface area (Å²) in [4.78, 5) is 14.4. The van der Waals surface area contributed by atoms with Crippen LogP contribution < -0.4 is 5.32 Å². The van der Waals surface area contributed by atoms with Crippen LogP contribution in [0.2, 0.25) is 0 Å². The minimum atomic E-state index is 0.00368. The molecule has 2 unspecified atom stereocenters. The first-order chi connectivity index (χ1) is 8.61. The number of methoxy groups -OCH3 is 1. The summed E-state index contributed by atoms with van der Waals surface area (Å²) in [5.74, 6) is 0.640. The van der Waals surface area contributed by atoms with Crippen LogP contribution in [0.25, 0.3) is 0 Å². The molecule has 1 N–H and O–H groups in total. The molecular weight excluding hydrogens is 228 g/mol. The normalized spacial score (nSPS) is 24.3. The smallest absolute Gasteiger partial charge is 0.241 e. The van der Waals surface area contributed by atoms with Crippen molar-refractivity contribution in [2.45, 2.75) is 58.7 Å². The second-order valence-corrected chi connectivity index (χ2v) is 5.42. The summed E-state index contributed by atoms with van der Waals surface area (Å²) in [6.07, 6.45) is 4.42. The summed E-state index contributed by atoms with van der Waals surface area (Å²) in [5, 5.41) is 3.48. The average molecular weight is 256 g/mol. The fourth-order valence-electron chi connectivity index (χ4n) is 2.49. The Kier molecular flexibility index (Phi) is 6.65. The Bertz CT molecular complexity index is 256. The van der Waals surface area contributed by atoms with Gasteiger partial charge in [-0.1, -0.05) is 27.2 Å². The van der Waals surface area contributed by atoms with Crippen LogP contribution in [-0.2, 0) is 9.53 Å². The maximum Gasteiger partial charge on any atom is 0.241 e. The van der Waals surface area contributed by atoms with E-state index in [2.05, 4.69) is 26.1 Å². The molecular formula is C14H28N2O2. The highest BCUT2D eigenvalue weighted by Gasteiger charge is 2.39. The first kappa shape index (κ1) is 15.4. The largest absolute Gasteiger partial charge is 0.385 e. The molecule has 1 fully saturated rings. The van der Waals surface area contributed by atoms with Gasteiger partial charge in [0, 0.05) is 20.3 Å². The fraction of sp³-hybridized carbons (Fsp3) is 0.929. The maximum atomic E-state index is 12.3. The molecule has 0 saturated carbocycles. The molecule has 0 aromatic rings. The van der Waals surface area contributed by atoms with Crippen molar-refractivity contribution in [3.05, 3.63) is 0 Å². The highest BCUT2D eigenvalue weighted by atomic mass is 16.5. The van der Waals surface area contributed by atoms with Gasteiger partial charge in [-0.3, -0.25) is 10.1 Å². The van der Waals surface area contributed by atoms with Crippen molar-refractivity contribution in [2.24, 2.45) is 5.92 Å². The molecule has 1 aliphatic heterocycles. The number of hydrogen-bond acceptors (Lipinski definition) is 3. The fourth-order valence-corrected chi connectivity index (χ4v) is 2.49. The molecule has 1 aliphatic rings. The van der Waals surface area contributed by atoms with Crippen molar-refractivity contribution in [3.8, 4) is 0 Å². The van der Waals surface area contributed by atoms with Gasteiger partial charge >= 0.3 is 0 Å². The molecule has 4 heteroatoms. The standard InChI is InChI=1S/C14H28N2O2/c1-5-8-12-15-13(11(2)3)14(17)16(12)9-6-7-10-18-4/h11-13,15H,5-10H2,1-4H3. The van der Waals surface area contributed by atoms with Crippen molar-refractivity contribution in [1.82, 2.24) is 10.2 Å². The highest BCUT2D eigenvalue weighted by molar-refractivity contribution is 5.84. The summed E-state index contributed by atoms with van der Waals surface area (Å²) in [7, 11) is 1.72. The molecule has 0 aliphatic carbocycles. The zero-order valence-electron chi connectivity index (χ0n) is 12.2. The molecule has 0 aromatic heterocycles. The van der Waals surface area contributed by atoms with Crippen LogP contribution in [0.15, 0.2) is 0 Å². The van der Waals surface area contributed by atoms with Crippen LogP contribution in [0.3, 0.4) is 0 Å². The molecule has 1 rings (SSSR count). The molecule has 0 aromatic carbocycles. The summed E-state index contributed by atoms with van der Waals surface area (Å²) >= 11 is 0. The first-order valence-electron chi connectivity index (χ1n) is 7.17. The number of hydrogen-bond donors (Lipinski definition) is 1. The molecule has 1 amide bonds. The zero-order chi connectivity index (χ0) is 13.5. The number of ether oxygens (including phenoxy) is 1. The quantitative estimate of drug-likeness (QED) is 0.675. The molecule has 18 heavy (non-hydrogen) atoms. The molecule has 0 spiro atoms. The Hall–Kier alpha value is -0.610. The SMILES string of the molecule is CCCC1NC(C(C)C)C(=O)N1CCCCOC. The van der Waals surface area contributed by atoms with Crippen LogP contribution in [-0.4, -0.2) is 43.3 Å². The van der Waals surface area contributed by atoms with E-state index in [1.807, 2.05) is 4.90 Å². The lowest BCUT2D eigenvalue weighted by molar-refractivity contribution is -0.130. The third kappa shape index (κ3) is 3.95. The van der Waals surface area contributed by atoms with E-state index in [-0.39, 0.29) is 18.1 Å². The number of rotatable bonds is 8. The molecule has 4 nitrogen and oxygen atoms in total. The van der Waals surface area contributed by atoms with Gasteiger partial charge in [-0.05, 0) is 25.2 Å². The van der Waals surface area contributed by atoms with E-state index >= 15 is 0 Å². The predicted octanol–water partition coefficient (Wildman–Crippen LogP) is 2.00. The third-order valence-electron chi connectivity index (χ3n) is 3.52. The number of carbonyl (C=O) groups is 1. The number of nitrogens with one attached hydrogen (secondary N) is 1. The topological polar surface area (TPSA) is 41.6 Å². The monoisotopic (exact) mass is 256 g/mol. The lowest BCUT2D eigenvalue weighted by Crippen LogP contribution is -2.38. The number of amides is 1. The van der Waals surface area contributed by atoms with Gasteiger partial charge in [0.25, 0.3) is 0 Å². The first-order valence-corrected chi connectivity index (χ1v) is 7.17. The van der Waals surface area contributed by atoms with E-state index in [9.17, 15) is 4.79 Å². The second kappa shape index (κ2) is 7.74. The van der Waals surface area contributed by atoms with Crippen LogP contribution in [0.1, 0.15) is 46.5 Å². The molecule has 1 saturated heterocycles. The van der Waals surface area contributed by atoms with E-state index in [0.717, 1.165) is 38.8 Å². The lowest BCUT2D eigenvalue weighted by atomic mass is 10.1. The van der Waals surface area contributed by atoms with Crippen LogP contribution >= 0.6 is 0 Å². The Morgan fingerprint density at radius 3 is 2.67 bits per heavy atom. The predicted molar refractivity (Wildman–Crippen MR) is 73.3 cm³/mol. The van der Waals surface area contributed by atoms with Gasteiger partial charge in [0.1, 0.15) is 0 Å². The van der Waals surface area contributed by atoms with Gasteiger partial charge in [0.15, 0.2) is 0 Å². The van der Waals surface area contributed by atoms with Crippen molar-refractivity contribution < 1.29 is 9.53 Å². The maximum absolute atomic E-state index is 12.3. The molecule has 106 valence electrons. The van der Waals surface area contributed by atoms with Gasteiger partial charge in [0.2, 0.25) is 5.91 Å². The number of carbonyl (C=O) groups excluding carboxylic acids is 1. The zero-order valence-corrected chi connectivity index (χ0v) is 12.2.